The van der Waals surface area contributed by atoms with E-state index in [2.05, 4.69) is 114 Å². The molecule has 0 radical (unpaired) electrons. The Morgan fingerprint density at radius 1 is 0.900 bits per heavy atom. The number of nitrogens with one attached hydrogen (secondary N) is 1. The van der Waals surface area contributed by atoms with Crippen LogP contribution < -0.4 is 5.32 Å². The summed E-state index contributed by atoms with van der Waals surface area (Å²) < 4.78 is 2.09. The van der Waals surface area contributed by atoms with Crippen molar-refractivity contribution < 1.29 is 0 Å². The van der Waals surface area contributed by atoms with E-state index in [0.29, 0.717) is 6.54 Å². The van der Waals surface area contributed by atoms with Gasteiger partial charge in [-0.15, -0.1) is 0 Å². The second-order valence-electron chi connectivity index (χ2n) is 10.8. The zero-order valence-corrected chi connectivity index (χ0v) is 23.6. The Balaban J connectivity index is 1.24. The number of anilines is 1. The maximum Gasteiger partial charge on any atom is 0.0848 e. The lowest BCUT2D eigenvalue weighted by molar-refractivity contribution is 0.634. The van der Waals surface area contributed by atoms with E-state index in [0.717, 1.165) is 68.4 Å². The Morgan fingerprint density at radius 2 is 1.70 bits per heavy atom. The van der Waals surface area contributed by atoms with Crippen molar-refractivity contribution in [3.05, 3.63) is 149 Å². The van der Waals surface area contributed by atoms with Crippen molar-refractivity contribution in [1.82, 2.24) is 9.78 Å². The van der Waals surface area contributed by atoms with Crippen LogP contribution in [0, 0.1) is 0 Å². The van der Waals surface area contributed by atoms with Gasteiger partial charge in [0.2, 0.25) is 0 Å². The van der Waals surface area contributed by atoms with E-state index in [1.165, 1.54) is 40.0 Å². The van der Waals surface area contributed by atoms with Gasteiger partial charge in [-0.3, -0.25) is 4.68 Å². The Labute approximate surface area is 240 Å². The molecule has 1 N–H and O–H groups in total. The van der Waals surface area contributed by atoms with E-state index in [-0.39, 0.29) is 0 Å². The highest BCUT2D eigenvalue weighted by Gasteiger charge is 2.12. The number of allylic oxidation sites excluding steroid dienone is 9. The molecule has 204 valence electrons. The van der Waals surface area contributed by atoms with Gasteiger partial charge in [0.05, 0.1) is 12.2 Å². The maximum absolute atomic E-state index is 4.82. The molecule has 1 heterocycles. The fourth-order valence-electron chi connectivity index (χ4n) is 5.60. The van der Waals surface area contributed by atoms with Gasteiger partial charge in [0.25, 0.3) is 0 Å². The van der Waals surface area contributed by atoms with E-state index in [9.17, 15) is 0 Å². The van der Waals surface area contributed by atoms with Crippen LogP contribution in [0.25, 0.3) is 6.08 Å². The van der Waals surface area contributed by atoms with Crippen molar-refractivity contribution >= 4 is 11.8 Å². The zero-order chi connectivity index (χ0) is 27.6. The number of rotatable bonds is 13. The quantitative estimate of drug-likeness (QED) is 0.240. The molecule has 5 rings (SSSR count). The van der Waals surface area contributed by atoms with Crippen LogP contribution in [0.3, 0.4) is 0 Å². The Morgan fingerprint density at radius 3 is 2.48 bits per heavy atom. The first kappa shape index (κ1) is 27.5. The molecule has 1 aromatic heterocycles. The van der Waals surface area contributed by atoms with Crippen LogP contribution in [-0.2, 0) is 32.2 Å². The average molecular weight is 528 g/mol. The van der Waals surface area contributed by atoms with Crippen molar-refractivity contribution in [1.29, 1.82) is 0 Å². The van der Waals surface area contributed by atoms with Gasteiger partial charge in [0.15, 0.2) is 0 Å². The summed E-state index contributed by atoms with van der Waals surface area (Å²) >= 11 is 0. The highest BCUT2D eigenvalue weighted by atomic mass is 15.3. The number of benzene rings is 2. The van der Waals surface area contributed by atoms with E-state index in [1.54, 1.807) is 0 Å². The number of hydrogen-bond donors (Lipinski definition) is 1. The smallest absolute Gasteiger partial charge is 0.0848 e. The van der Waals surface area contributed by atoms with Crippen molar-refractivity contribution in [2.75, 3.05) is 5.32 Å². The molecule has 2 aliphatic carbocycles. The minimum atomic E-state index is 0.618. The van der Waals surface area contributed by atoms with E-state index >= 15 is 0 Å². The Kier molecular flexibility index (Phi) is 9.47. The lowest BCUT2D eigenvalue weighted by Crippen LogP contribution is -2.13. The van der Waals surface area contributed by atoms with E-state index in [1.807, 2.05) is 6.08 Å². The third kappa shape index (κ3) is 7.51. The molecular formula is C37H41N3. The largest absolute Gasteiger partial charge is 0.358 e. The summed E-state index contributed by atoms with van der Waals surface area (Å²) in [7, 11) is 0. The second-order valence-corrected chi connectivity index (χ2v) is 10.8. The predicted molar refractivity (Wildman–Crippen MR) is 170 cm³/mol. The van der Waals surface area contributed by atoms with Gasteiger partial charge < -0.3 is 5.32 Å². The van der Waals surface area contributed by atoms with Gasteiger partial charge in [0.1, 0.15) is 0 Å². The molecule has 3 aromatic rings. The summed E-state index contributed by atoms with van der Waals surface area (Å²) in [6.07, 6.45) is 25.1. The summed E-state index contributed by atoms with van der Waals surface area (Å²) in [5.74, 6) is 0. The van der Waals surface area contributed by atoms with Crippen LogP contribution in [-0.4, -0.2) is 9.78 Å². The molecule has 0 saturated carbocycles. The molecule has 3 nitrogen and oxygen atoms in total. The third-order valence-electron chi connectivity index (χ3n) is 7.81. The fraction of sp³-hybridized carbons (Fsp3) is 0.270. The van der Waals surface area contributed by atoms with E-state index < -0.39 is 0 Å². The standard InChI is InChI=1S/C37H41N3/c1-3-35-27-36(25-24-32-18-10-11-20-34(32)26-31-16-8-5-9-17-31)40(39-35)28-29(2)38-37-21-13-12-19-33(37)23-22-30-14-6-4-7-15-30/h3-4,6,8,10-14,16-21,27,38H,1-2,5,7,9,15,22-26,28H2. The number of nitrogens with zero attached hydrogens (tertiary/aromatic N) is 2. The highest BCUT2D eigenvalue weighted by Crippen LogP contribution is 2.24. The molecule has 0 spiro atoms. The summed E-state index contributed by atoms with van der Waals surface area (Å²) in [6, 6.07) is 19.6. The normalized spacial score (nSPS) is 14.5. The molecule has 2 aromatic carbocycles. The molecule has 0 saturated heterocycles. The number of aryl methyl sites for hydroxylation is 3. The molecule has 0 amide bonds. The summed E-state index contributed by atoms with van der Waals surface area (Å²) in [6.45, 7) is 8.96. The fourth-order valence-corrected chi connectivity index (χ4v) is 5.60. The van der Waals surface area contributed by atoms with Crippen LogP contribution in [0.15, 0.2) is 121 Å². The number of aromatic nitrogens is 2. The van der Waals surface area contributed by atoms with Crippen LogP contribution in [0.4, 0.5) is 5.69 Å². The molecule has 40 heavy (non-hydrogen) atoms. The summed E-state index contributed by atoms with van der Waals surface area (Å²) in [4.78, 5) is 0. The van der Waals surface area contributed by atoms with Crippen LogP contribution in [0.2, 0.25) is 0 Å². The maximum atomic E-state index is 4.82. The molecule has 0 unspecified atom stereocenters. The summed E-state index contributed by atoms with van der Waals surface area (Å²) in [5, 5.41) is 8.43. The van der Waals surface area contributed by atoms with Crippen molar-refractivity contribution in [3.63, 3.8) is 0 Å². The minimum Gasteiger partial charge on any atom is -0.358 e. The van der Waals surface area contributed by atoms with Gasteiger partial charge in [-0.05, 0) is 98.3 Å². The monoisotopic (exact) mass is 527 g/mol. The molecule has 0 fully saturated rings. The van der Waals surface area contributed by atoms with E-state index in [4.69, 9.17) is 5.10 Å². The molecule has 3 heteroatoms. The van der Waals surface area contributed by atoms with Gasteiger partial charge in [-0.25, -0.2) is 0 Å². The van der Waals surface area contributed by atoms with Crippen molar-refractivity contribution in [2.24, 2.45) is 0 Å². The molecule has 0 atom stereocenters. The summed E-state index contributed by atoms with van der Waals surface area (Å²) in [5.41, 5.74) is 11.3. The molecule has 0 bridgehead atoms. The van der Waals surface area contributed by atoms with Gasteiger partial charge >= 0.3 is 0 Å². The average Bonchev–Trinajstić information content (AvgIpc) is 3.38. The first-order chi connectivity index (χ1) is 19.7. The predicted octanol–water partition coefficient (Wildman–Crippen LogP) is 8.97. The van der Waals surface area contributed by atoms with Crippen LogP contribution >= 0.6 is 0 Å². The van der Waals surface area contributed by atoms with Crippen molar-refractivity contribution in [2.45, 2.75) is 64.3 Å². The minimum absolute atomic E-state index is 0.618. The van der Waals surface area contributed by atoms with Crippen molar-refractivity contribution in [3.8, 4) is 0 Å². The second kappa shape index (κ2) is 13.8. The van der Waals surface area contributed by atoms with Gasteiger partial charge in [0, 0.05) is 17.1 Å². The first-order valence-electron chi connectivity index (χ1n) is 14.7. The number of para-hydroxylation sites is 1. The van der Waals surface area contributed by atoms with Gasteiger partial charge in [-0.2, -0.15) is 5.10 Å². The molecule has 0 aliphatic heterocycles. The molecule has 2 aliphatic rings. The zero-order valence-electron chi connectivity index (χ0n) is 23.6. The lowest BCUT2D eigenvalue weighted by Gasteiger charge is -2.16. The first-order valence-corrected chi connectivity index (χ1v) is 14.7. The third-order valence-corrected chi connectivity index (χ3v) is 7.81. The number of hydrogen-bond acceptors (Lipinski definition) is 2. The van der Waals surface area contributed by atoms with Crippen LogP contribution in [0.1, 0.15) is 60.2 Å². The Hall–Kier alpha value is -4.11. The Bertz CT molecular complexity index is 1460. The lowest BCUT2D eigenvalue weighted by atomic mass is 9.94. The van der Waals surface area contributed by atoms with Gasteiger partial charge in [-0.1, -0.05) is 97.7 Å². The highest BCUT2D eigenvalue weighted by molar-refractivity contribution is 5.55. The topological polar surface area (TPSA) is 29.9 Å². The van der Waals surface area contributed by atoms with Crippen LogP contribution in [0.5, 0.6) is 0 Å². The molecular weight excluding hydrogens is 486 g/mol. The SMILES string of the molecule is C=Cc1cc(CCc2ccccc2CC2=CCCC=C2)n(CC(=C)Nc2ccccc2CCC2=CC=CCC2)n1.